The van der Waals surface area contributed by atoms with Crippen molar-refractivity contribution in [3.8, 4) is 11.6 Å². The van der Waals surface area contributed by atoms with Gasteiger partial charge in [0.1, 0.15) is 52.2 Å². The highest BCUT2D eigenvalue weighted by Crippen LogP contribution is 2.48. The Balaban J connectivity index is 1.39. The Morgan fingerprint density at radius 1 is 1.10 bits per heavy atom. The number of methoxy groups -OCH3 is 2. The lowest BCUT2D eigenvalue weighted by atomic mass is 9.87. The van der Waals surface area contributed by atoms with Gasteiger partial charge in [-0.1, -0.05) is 32.9 Å². The van der Waals surface area contributed by atoms with E-state index in [-0.39, 0.29) is 56.6 Å². The van der Waals surface area contributed by atoms with E-state index >= 15 is 4.79 Å². The van der Waals surface area contributed by atoms with Crippen molar-refractivity contribution >= 4 is 44.9 Å². The van der Waals surface area contributed by atoms with Crippen molar-refractivity contribution in [1.82, 2.24) is 30.2 Å². The summed E-state index contributed by atoms with van der Waals surface area (Å²) in [6, 6.07) is 2.84. The lowest BCUT2D eigenvalue weighted by Gasteiger charge is -2.34. The third kappa shape index (κ3) is 9.64. The number of nitrogens with zero attached hydrogens (tertiary/aromatic N) is 3. The molecule has 3 N–H and O–H groups in total. The fourth-order valence-corrected chi connectivity index (χ4v) is 9.58. The van der Waals surface area contributed by atoms with Crippen molar-refractivity contribution in [3.05, 3.63) is 36.0 Å². The van der Waals surface area contributed by atoms with Gasteiger partial charge < -0.3 is 34.5 Å². The van der Waals surface area contributed by atoms with Crippen LogP contribution < -0.4 is 24.8 Å². The van der Waals surface area contributed by atoms with Gasteiger partial charge in [0.15, 0.2) is 0 Å². The first kappa shape index (κ1) is 45.0. The van der Waals surface area contributed by atoms with Gasteiger partial charge in [0, 0.05) is 37.4 Å². The average molecular weight is 859 g/mol. The van der Waals surface area contributed by atoms with Crippen LogP contribution in [0.3, 0.4) is 0 Å². The van der Waals surface area contributed by atoms with E-state index in [1.54, 1.807) is 52.2 Å². The van der Waals surface area contributed by atoms with E-state index in [0.29, 0.717) is 41.7 Å². The van der Waals surface area contributed by atoms with E-state index in [0.717, 1.165) is 0 Å². The molecule has 1 aromatic carbocycles. The monoisotopic (exact) mass is 858 g/mol. The van der Waals surface area contributed by atoms with Crippen LogP contribution in [0.25, 0.3) is 11.0 Å². The van der Waals surface area contributed by atoms with Crippen LogP contribution in [0, 0.1) is 17.8 Å². The van der Waals surface area contributed by atoms with Gasteiger partial charge in [0.25, 0.3) is 5.91 Å². The molecule has 1 aromatic heterocycles. The fraction of sp³-hybridized carbons (Fsp3) is 0.667. The van der Waals surface area contributed by atoms with E-state index in [1.807, 2.05) is 26.8 Å². The Morgan fingerprint density at radius 2 is 1.83 bits per heavy atom. The standard InChI is InChI=1S/C42H59FN6O10S/c1-24(2)33-36(45-31-18-28(57-8)13-14-30(31)44-33)58-29-19-32-35(50)47-42(38(52)48-60(54,55)41(23-43)15-16-41)20-27(42)12-10-9-11-25(3)17-26(22-56-7)34(37(51)49(32)21-29)46-39(53)59-40(4,5)6/h10,12-14,18,24-27,29,32,34H,9,11,15-17,19-23H2,1-8H3,(H,46,53)(H,47,50)(H,48,52)/b12-10-/t25-,26+,27-,29-,32+,34+,42-/m1/s1. The summed E-state index contributed by atoms with van der Waals surface area (Å²) >= 11 is 0. The number of carbonyl (C=O) groups is 4. The molecule has 0 bridgehead atoms. The second kappa shape index (κ2) is 17.4. The number of aromatic nitrogens is 2. The first-order valence-electron chi connectivity index (χ1n) is 20.7. The quantitative estimate of drug-likeness (QED) is 0.268. The number of alkyl halides is 1. The zero-order chi connectivity index (χ0) is 43.8. The number of benzene rings is 1. The third-order valence-electron chi connectivity index (χ3n) is 11.8. The molecule has 16 nitrogen and oxygen atoms in total. The molecule has 4 amide bonds. The molecule has 0 unspecified atom stereocenters. The average Bonchev–Trinajstić information content (AvgIpc) is 4.08. The SMILES string of the molecule is COC[C@@H]1C[C@H](C)CC/C=C\[C@@H]2C[C@@]2(C(=O)NS(=O)(=O)C2(CF)CC2)NC(=O)[C@@H]2C[C@@H](Oc3nc4cc(OC)ccc4nc3C(C)C)CN2C(=O)[C@H]1NC(=O)OC(C)(C)C. The Kier molecular flexibility index (Phi) is 13.1. The predicted molar refractivity (Wildman–Crippen MR) is 219 cm³/mol. The minimum atomic E-state index is -4.41. The van der Waals surface area contributed by atoms with Crippen LogP contribution >= 0.6 is 0 Å². The maximum absolute atomic E-state index is 15.1. The molecule has 0 spiro atoms. The number of alkyl carbamates (subject to hydrolysis) is 1. The van der Waals surface area contributed by atoms with Crippen molar-refractivity contribution in [2.24, 2.45) is 17.8 Å². The molecular weight excluding hydrogens is 800 g/mol. The van der Waals surface area contributed by atoms with Crippen LogP contribution in [0.4, 0.5) is 9.18 Å². The van der Waals surface area contributed by atoms with Crippen molar-refractivity contribution in [2.75, 3.05) is 34.0 Å². The second-order valence-corrected chi connectivity index (χ2v) is 20.2. The van der Waals surface area contributed by atoms with Crippen LogP contribution in [0.5, 0.6) is 11.6 Å². The molecule has 2 aliphatic heterocycles. The molecule has 4 aliphatic rings. The zero-order valence-electron chi connectivity index (χ0n) is 35.7. The minimum Gasteiger partial charge on any atom is -0.497 e. The highest BCUT2D eigenvalue weighted by atomic mass is 32.2. The summed E-state index contributed by atoms with van der Waals surface area (Å²) in [6.07, 6.45) is 3.95. The summed E-state index contributed by atoms with van der Waals surface area (Å²) in [5.41, 5.74) is -0.896. The summed E-state index contributed by atoms with van der Waals surface area (Å²) in [5.74, 6) is -2.74. The molecular formula is C42H59FN6O10S. The summed E-state index contributed by atoms with van der Waals surface area (Å²) in [4.78, 5) is 68.2. The first-order valence-corrected chi connectivity index (χ1v) is 22.2. The number of amides is 4. The molecule has 60 heavy (non-hydrogen) atoms. The summed E-state index contributed by atoms with van der Waals surface area (Å²) in [6.45, 7) is 9.86. The molecule has 6 rings (SSSR count). The molecule has 2 aromatic rings. The maximum atomic E-state index is 15.1. The molecule has 7 atom stereocenters. The van der Waals surface area contributed by atoms with Crippen LogP contribution in [-0.2, 0) is 33.9 Å². The predicted octanol–water partition coefficient (Wildman–Crippen LogP) is 4.47. The first-order chi connectivity index (χ1) is 28.2. The summed E-state index contributed by atoms with van der Waals surface area (Å²) in [7, 11) is -1.36. The number of nitrogens with one attached hydrogen (secondary N) is 3. The van der Waals surface area contributed by atoms with Crippen LogP contribution in [-0.4, -0.2) is 115 Å². The summed E-state index contributed by atoms with van der Waals surface area (Å²) < 4.78 is 64.1. The number of allylic oxidation sites excluding steroid dienone is 1. The Hall–Kier alpha value is -4.58. The van der Waals surface area contributed by atoms with Gasteiger partial charge in [-0.05, 0) is 77.3 Å². The third-order valence-corrected chi connectivity index (χ3v) is 14.0. The van der Waals surface area contributed by atoms with Crippen LogP contribution in [0.2, 0.25) is 0 Å². The Bertz CT molecular complexity index is 2110. The van der Waals surface area contributed by atoms with Gasteiger partial charge >= 0.3 is 6.09 Å². The largest absolute Gasteiger partial charge is 0.497 e. The summed E-state index contributed by atoms with van der Waals surface area (Å²) in [5, 5.41) is 5.63. The topological polar surface area (TPSA) is 204 Å². The molecule has 18 heteroatoms. The highest BCUT2D eigenvalue weighted by molar-refractivity contribution is 7.91. The number of halogens is 1. The highest BCUT2D eigenvalue weighted by Gasteiger charge is 2.64. The number of hydrogen-bond acceptors (Lipinski definition) is 12. The van der Waals surface area contributed by atoms with Crippen LogP contribution in [0.15, 0.2) is 30.4 Å². The molecule has 330 valence electrons. The number of fused-ring (bicyclic) bond motifs is 3. The van der Waals surface area contributed by atoms with Gasteiger partial charge in [-0.2, -0.15) is 0 Å². The van der Waals surface area contributed by atoms with E-state index in [4.69, 9.17) is 28.9 Å². The lowest BCUT2D eigenvalue weighted by Crippen LogP contribution is -2.60. The molecule has 0 radical (unpaired) electrons. The van der Waals surface area contributed by atoms with Gasteiger partial charge in [0.05, 0.1) is 31.3 Å². The second-order valence-electron chi connectivity index (χ2n) is 18.1. The molecule has 3 heterocycles. The van der Waals surface area contributed by atoms with Crippen molar-refractivity contribution in [2.45, 2.75) is 126 Å². The number of ether oxygens (including phenoxy) is 4. The zero-order valence-corrected chi connectivity index (χ0v) is 36.5. The van der Waals surface area contributed by atoms with E-state index in [2.05, 4.69) is 15.4 Å². The van der Waals surface area contributed by atoms with Crippen LogP contribution in [0.1, 0.15) is 98.1 Å². The van der Waals surface area contributed by atoms with E-state index < -0.39 is 86.4 Å². The molecule has 3 fully saturated rings. The number of hydrogen-bond donors (Lipinski definition) is 3. The van der Waals surface area contributed by atoms with Gasteiger partial charge in [-0.15, -0.1) is 0 Å². The smallest absolute Gasteiger partial charge is 0.408 e. The Labute approximate surface area is 351 Å². The molecule has 1 saturated heterocycles. The van der Waals surface area contributed by atoms with E-state index in [9.17, 15) is 27.2 Å². The minimum absolute atomic E-state index is 0.0354. The van der Waals surface area contributed by atoms with Crippen molar-refractivity contribution < 1.29 is 50.9 Å². The Morgan fingerprint density at radius 3 is 2.47 bits per heavy atom. The van der Waals surface area contributed by atoms with Gasteiger partial charge in [0.2, 0.25) is 27.7 Å². The van der Waals surface area contributed by atoms with Gasteiger partial charge in [-0.25, -0.2) is 27.6 Å². The number of carbonyl (C=O) groups excluding carboxylic acids is 4. The fourth-order valence-electron chi connectivity index (χ4n) is 8.16. The van der Waals surface area contributed by atoms with Crippen molar-refractivity contribution in [1.29, 1.82) is 0 Å². The molecule has 2 saturated carbocycles. The lowest BCUT2D eigenvalue weighted by molar-refractivity contribution is -0.142. The number of rotatable bonds is 11. The van der Waals surface area contributed by atoms with Crippen molar-refractivity contribution in [3.63, 3.8) is 0 Å². The molecule has 2 aliphatic carbocycles. The normalized spacial score (nSPS) is 28.7. The maximum Gasteiger partial charge on any atom is 0.408 e. The number of sulfonamides is 1. The van der Waals surface area contributed by atoms with Gasteiger partial charge in [-0.3, -0.25) is 19.1 Å². The van der Waals surface area contributed by atoms with E-state index in [1.165, 1.54) is 12.0 Å².